The van der Waals surface area contributed by atoms with Gasteiger partial charge in [0.15, 0.2) is 0 Å². The molecule has 5 N–H and O–H groups in total. The summed E-state index contributed by atoms with van der Waals surface area (Å²) in [6, 6.07) is 1.52. The summed E-state index contributed by atoms with van der Waals surface area (Å²) in [4.78, 5) is 39.2. The Hall–Kier alpha value is -1.84. The molecule has 180 valence electrons. The highest BCUT2D eigenvalue weighted by molar-refractivity contribution is 7.50. The molecule has 2 rings (SSSR count). The van der Waals surface area contributed by atoms with Crippen LogP contribution in [0.25, 0.3) is 0 Å². The van der Waals surface area contributed by atoms with E-state index in [9.17, 15) is 29.3 Å². The number of H-pyrrole nitrogens is 2. The Labute approximate surface area is 185 Å². The molecule has 0 aliphatic carbocycles. The Bertz CT molecular complexity index is 1020. The van der Waals surface area contributed by atoms with Crippen molar-refractivity contribution >= 4 is 7.75 Å². The topological polar surface area (TPSA) is 189 Å². The van der Waals surface area contributed by atoms with E-state index >= 15 is 0 Å². The van der Waals surface area contributed by atoms with Gasteiger partial charge in [-0.3, -0.25) is 14.3 Å². The van der Waals surface area contributed by atoms with E-state index in [1.807, 2.05) is 11.1 Å². The van der Waals surface area contributed by atoms with Gasteiger partial charge in [0.2, 0.25) is 0 Å². The van der Waals surface area contributed by atoms with Crippen LogP contribution >= 0.6 is 7.75 Å². The van der Waals surface area contributed by atoms with Crippen LogP contribution in [0.3, 0.4) is 0 Å². The standard InChI is InChI=1S/C19H31N4O8P/c1-11(2)23(18(3,4)7-6-8-20)32(28,29)31-15-14(25)13(10-24)30-19(15,5)12-9-21-17(27)22-16(12)26/h9,11,13-15,24-25H,6-7,10H2,1-5H3,(H,28,29)(H2,21,22,26,27)/t13-,14-,15-,19+/m1/s1. The Morgan fingerprint density at radius 1 is 1.44 bits per heavy atom. The minimum absolute atomic E-state index is 0.141. The second-order valence-electron chi connectivity index (χ2n) is 8.85. The average molecular weight is 474 g/mol. The SMILES string of the molecule is CC(C)N(C(C)(C)CCC#N)P(=O)(O)O[C@@H]1[C@H](O)[C@@H](CO)O[C@@]1(C)c1c[nH]c(=O)[nH]c1=O. The van der Waals surface area contributed by atoms with Gasteiger partial charge in [0.25, 0.3) is 5.56 Å². The third-order valence-corrected chi connectivity index (χ3v) is 7.70. The number of aromatic nitrogens is 2. The van der Waals surface area contributed by atoms with Crippen molar-refractivity contribution in [3.8, 4) is 6.07 Å². The van der Waals surface area contributed by atoms with Crippen molar-refractivity contribution in [2.75, 3.05) is 6.61 Å². The van der Waals surface area contributed by atoms with E-state index in [1.165, 1.54) is 11.6 Å². The number of hydrogen-bond acceptors (Lipinski definition) is 8. The first-order chi connectivity index (χ1) is 14.7. The zero-order chi connectivity index (χ0) is 24.5. The summed E-state index contributed by atoms with van der Waals surface area (Å²) < 4.78 is 26.1. The number of aromatic amines is 2. The molecule has 0 radical (unpaired) electrons. The van der Waals surface area contributed by atoms with E-state index < -0.39 is 61.1 Å². The Morgan fingerprint density at radius 2 is 2.06 bits per heavy atom. The van der Waals surface area contributed by atoms with Crippen molar-refractivity contribution in [2.45, 2.75) is 83.0 Å². The lowest BCUT2D eigenvalue weighted by molar-refractivity contribution is -0.0858. The first kappa shape index (κ1) is 26.4. The van der Waals surface area contributed by atoms with E-state index in [1.54, 1.807) is 27.7 Å². The molecule has 1 saturated heterocycles. The summed E-state index contributed by atoms with van der Waals surface area (Å²) in [7, 11) is -4.65. The average Bonchev–Trinajstić information content (AvgIpc) is 2.90. The maximum atomic E-state index is 13.5. The van der Waals surface area contributed by atoms with Crippen LogP contribution in [0.2, 0.25) is 0 Å². The fourth-order valence-electron chi connectivity index (χ4n) is 4.28. The Morgan fingerprint density at radius 3 is 2.56 bits per heavy atom. The number of aliphatic hydroxyl groups excluding tert-OH is 2. The number of hydrogen-bond donors (Lipinski definition) is 5. The molecule has 1 unspecified atom stereocenters. The van der Waals surface area contributed by atoms with Crippen LogP contribution in [-0.2, 0) is 19.4 Å². The van der Waals surface area contributed by atoms with Crippen molar-refractivity contribution in [2.24, 2.45) is 0 Å². The fraction of sp³-hybridized carbons (Fsp3) is 0.737. The summed E-state index contributed by atoms with van der Waals surface area (Å²) in [6.07, 6.45) is -2.83. The van der Waals surface area contributed by atoms with Crippen LogP contribution in [0.5, 0.6) is 0 Å². The quantitative estimate of drug-likeness (QED) is 0.311. The first-order valence-corrected chi connectivity index (χ1v) is 11.7. The highest BCUT2D eigenvalue weighted by atomic mass is 31.2. The lowest BCUT2D eigenvalue weighted by Crippen LogP contribution is -2.49. The molecule has 0 saturated carbocycles. The third kappa shape index (κ3) is 5.05. The van der Waals surface area contributed by atoms with E-state index in [0.717, 1.165) is 6.20 Å². The summed E-state index contributed by atoms with van der Waals surface area (Å²) in [5.41, 5.74) is -4.46. The molecule has 5 atom stereocenters. The van der Waals surface area contributed by atoms with Crippen LogP contribution in [0.1, 0.15) is 53.0 Å². The zero-order valence-electron chi connectivity index (χ0n) is 18.7. The molecule has 1 aliphatic rings. The van der Waals surface area contributed by atoms with Gasteiger partial charge in [-0.05, 0) is 41.0 Å². The van der Waals surface area contributed by atoms with Crippen molar-refractivity contribution in [1.29, 1.82) is 5.26 Å². The predicted octanol–water partition coefficient (Wildman–Crippen LogP) is 0.309. The van der Waals surface area contributed by atoms with Crippen molar-refractivity contribution < 1.29 is 28.9 Å². The van der Waals surface area contributed by atoms with Gasteiger partial charge in [0.1, 0.15) is 23.9 Å². The smallest absolute Gasteiger partial charge is 0.394 e. The summed E-state index contributed by atoms with van der Waals surface area (Å²) in [5.74, 6) is 0. The fourth-order valence-corrected chi connectivity index (χ4v) is 6.37. The maximum absolute atomic E-state index is 13.5. The number of rotatable bonds is 9. The van der Waals surface area contributed by atoms with Gasteiger partial charge in [-0.25, -0.2) is 14.0 Å². The minimum atomic E-state index is -4.65. The highest BCUT2D eigenvalue weighted by Gasteiger charge is 2.58. The first-order valence-electron chi connectivity index (χ1n) is 10.2. The second-order valence-corrected chi connectivity index (χ2v) is 10.5. The molecular weight excluding hydrogens is 443 g/mol. The Balaban J connectivity index is 2.53. The lowest BCUT2D eigenvalue weighted by atomic mass is 9.90. The number of aliphatic hydroxyl groups is 2. The van der Waals surface area contributed by atoms with Crippen molar-refractivity contribution in [3.63, 3.8) is 0 Å². The minimum Gasteiger partial charge on any atom is -0.394 e. The van der Waals surface area contributed by atoms with Gasteiger partial charge in [-0.15, -0.1) is 0 Å². The summed E-state index contributed by atoms with van der Waals surface area (Å²) in [5, 5.41) is 29.3. The molecule has 1 aromatic rings. The van der Waals surface area contributed by atoms with Crippen LogP contribution < -0.4 is 11.2 Å². The van der Waals surface area contributed by atoms with Gasteiger partial charge >= 0.3 is 13.4 Å². The normalized spacial score (nSPS) is 28.1. The van der Waals surface area contributed by atoms with Crippen molar-refractivity contribution in [3.05, 3.63) is 32.6 Å². The van der Waals surface area contributed by atoms with E-state index in [-0.39, 0.29) is 18.4 Å². The molecule has 32 heavy (non-hydrogen) atoms. The van der Waals surface area contributed by atoms with E-state index in [4.69, 9.17) is 14.5 Å². The lowest BCUT2D eigenvalue weighted by Gasteiger charge is -2.44. The van der Waals surface area contributed by atoms with E-state index in [2.05, 4.69) is 4.98 Å². The molecule has 0 aromatic carbocycles. The van der Waals surface area contributed by atoms with Gasteiger partial charge in [0.05, 0.1) is 18.2 Å². The van der Waals surface area contributed by atoms with Crippen LogP contribution in [0.15, 0.2) is 15.8 Å². The molecule has 12 nitrogen and oxygen atoms in total. The van der Waals surface area contributed by atoms with Crippen LogP contribution in [0.4, 0.5) is 0 Å². The molecule has 13 heteroatoms. The molecule has 0 bridgehead atoms. The molecule has 1 aliphatic heterocycles. The van der Waals surface area contributed by atoms with Crippen LogP contribution in [-0.4, -0.2) is 66.2 Å². The Kier molecular flexibility index (Phi) is 7.90. The second kappa shape index (κ2) is 9.57. The zero-order valence-corrected chi connectivity index (χ0v) is 19.6. The third-order valence-electron chi connectivity index (χ3n) is 5.65. The molecule has 1 aromatic heterocycles. The molecule has 1 fully saturated rings. The van der Waals surface area contributed by atoms with Gasteiger partial charge in [-0.2, -0.15) is 5.26 Å². The highest BCUT2D eigenvalue weighted by Crippen LogP contribution is 2.57. The number of nitriles is 1. The number of nitrogens with zero attached hydrogens (tertiary/aromatic N) is 2. The van der Waals surface area contributed by atoms with Crippen molar-refractivity contribution in [1.82, 2.24) is 14.6 Å². The summed E-state index contributed by atoms with van der Waals surface area (Å²) in [6.45, 7) is 7.48. The molecule has 0 amide bonds. The van der Waals surface area contributed by atoms with Crippen LogP contribution in [0, 0.1) is 11.3 Å². The van der Waals surface area contributed by atoms with Gasteiger partial charge < -0.3 is 24.8 Å². The monoisotopic (exact) mass is 474 g/mol. The molecular formula is C19H31N4O8P. The number of ether oxygens (including phenoxy) is 1. The van der Waals surface area contributed by atoms with E-state index in [0.29, 0.717) is 0 Å². The summed E-state index contributed by atoms with van der Waals surface area (Å²) >= 11 is 0. The molecule has 0 spiro atoms. The maximum Gasteiger partial charge on any atom is 0.406 e. The van der Waals surface area contributed by atoms with Gasteiger partial charge in [-0.1, -0.05) is 0 Å². The predicted molar refractivity (Wildman–Crippen MR) is 114 cm³/mol. The largest absolute Gasteiger partial charge is 0.406 e. The number of nitrogens with one attached hydrogen (secondary N) is 2. The van der Waals surface area contributed by atoms with Gasteiger partial charge in [0, 0.05) is 24.2 Å². The molecule has 2 heterocycles.